The van der Waals surface area contributed by atoms with Crippen LogP contribution in [0.15, 0.2) is 29.1 Å². The highest BCUT2D eigenvalue weighted by molar-refractivity contribution is 7.91. The van der Waals surface area contributed by atoms with Crippen molar-refractivity contribution in [2.45, 2.75) is 26.1 Å². The second-order valence-electron chi connectivity index (χ2n) is 5.68. The molecule has 0 saturated carbocycles. The summed E-state index contributed by atoms with van der Waals surface area (Å²) in [6, 6.07) is 7.11. The first-order chi connectivity index (χ1) is 10.5. The predicted molar refractivity (Wildman–Crippen MR) is 82.4 cm³/mol. The zero-order valence-electron chi connectivity index (χ0n) is 12.4. The van der Waals surface area contributed by atoms with Crippen molar-refractivity contribution in [1.82, 2.24) is 15.0 Å². The molecule has 118 valence electrons. The molecule has 1 aromatic carbocycles. The third-order valence-corrected chi connectivity index (χ3v) is 6.01. The predicted octanol–water partition coefficient (Wildman–Crippen LogP) is -1.16. The molecule has 7 nitrogen and oxygen atoms in total. The number of nitrogens with one attached hydrogen (secondary N) is 1. The molecule has 1 unspecified atom stereocenters. The van der Waals surface area contributed by atoms with Crippen molar-refractivity contribution in [2.24, 2.45) is 0 Å². The van der Waals surface area contributed by atoms with Crippen LogP contribution in [0.1, 0.15) is 13.3 Å². The van der Waals surface area contributed by atoms with Crippen molar-refractivity contribution < 1.29 is 13.3 Å². The van der Waals surface area contributed by atoms with Crippen molar-refractivity contribution >= 4 is 20.7 Å². The molecule has 1 aromatic heterocycles. The summed E-state index contributed by atoms with van der Waals surface area (Å²) in [5.41, 5.74) is 0.391. The van der Waals surface area contributed by atoms with Gasteiger partial charge in [0, 0.05) is 6.42 Å². The van der Waals surface area contributed by atoms with Crippen molar-refractivity contribution in [3.63, 3.8) is 0 Å². The Labute approximate surface area is 128 Å². The maximum Gasteiger partial charge on any atom is 0.282 e. The number of fused-ring (bicyclic) bond motifs is 1. The molecule has 3 rings (SSSR count). The molecule has 0 radical (unpaired) electrons. The molecular formula is C14H19N4O3S+. The minimum Gasteiger partial charge on any atom is -0.313 e. The second kappa shape index (κ2) is 5.77. The molecular weight excluding hydrogens is 304 g/mol. The van der Waals surface area contributed by atoms with Crippen LogP contribution in [0.5, 0.6) is 0 Å². The van der Waals surface area contributed by atoms with Gasteiger partial charge in [-0.15, -0.1) is 5.10 Å². The van der Waals surface area contributed by atoms with E-state index in [0.717, 1.165) is 11.4 Å². The van der Waals surface area contributed by atoms with Gasteiger partial charge in [-0.2, -0.15) is 4.68 Å². The maximum absolute atomic E-state index is 12.5. The first-order valence-corrected chi connectivity index (χ1v) is 9.20. The van der Waals surface area contributed by atoms with Gasteiger partial charge in [-0.05, 0) is 19.1 Å². The van der Waals surface area contributed by atoms with E-state index in [0.29, 0.717) is 24.0 Å². The van der Waals surface area contributed by atoms with Crippen LogP contribution in [-0.4, -0.2) is 47.5 Å². The summed E-state index contributed by atoms with van der Waals surface area (Å²) in [5, 5.41) is 8.59. The summed E-state index contributed by atoms with van der Waals surface area (Å²) in [6.07, 6.45) is 0.640. The molecule has 0 amide bonds. The normalized spacial score (nSPS) is 22.0. The van der Waals surface area contributed by atoms with E-state index in [1.165, 1.54) is 4.68 Å². The highest BCUT2D eigenvalue weighted by Gasteiger charge is 2.35. The zero-order valence-corrected chi connectivity index (χ0v) is 13.2. The van der Waals surface area contributed by atoms with Gasteiger partial charge in [0.05, 0.1) is 17.7 Å². The molecule has 1 aliphatic heterocycles. The van der Waals surface area contributed by atoms with Crippen LogP contribution >= 0.6 is 0 Å². The highest BCUT2D eigenvalue weighted by atomic mass is 32.2. The van der Waals surface area contributed by atoms with Gasteiger partial charge in [0.15, 0.2) is 16.5 Å². The van der Waals surface area contributed by atoms with E-state index in [1.54, 1.807) is 18.2 Å². The van der Waals surface area contributed by atoms with E-state index in [2.05, 4.69) is 10.3 Å². The summed E-state index contributed by atoms with van der Waals surface area (Å²) in [4.78, 5) is 13.5. The van der Waals surface area contributed by atoms with Crippen LogP contribution in [0, 0.1) is 0 Å². The standard InChI is InChI=1S/C14H18N4O3S/c1-2-17(11-7-8-22(20,21)9-11)10-18-14(19)12-5-3-4-6-13(12)15-16-18/h3-6,11H,2,7-10H2,1H3/p+1/t11-/m1/s1. The summed E-state index contributed by atoms with van der Waals surface area (Å²) in [5.74, 6) is 0.422. The number of benzene rings is 1. The zero-order chi connectivity index (χ0) is 15.7. The Bertz CT molecular complexity index is 847. The van der Waals surface area contributed by atoms with Gasteiger partial charge in [-0.1, -0.05) is 17.3 Å². The number of rotatable bonds is 4. The minimum atomic E-state index is -2.93. The van der Waals surface area contributed by atoms with E-state index < -0.39 is 9.84 Å². The molecule has 0 spiro atoms. The van der Waals surface area contributed by atoms with E-state index in [4.69, 9.17) is 0 Å². The lowest BCUT2D eigenvalue weighted by Gasteiger charge is -2.23. The smallest absolute Gasteiger partial charge is 0.282 e. The summed E-state index contributed by atoms with van der Waals surface area (Å²) in [6.45, 7) is 3.06. The maximum atomic E-state index is 12.5. The van der Waals surface area contributed by atoms with Gasteiger partial charge >= 0.3 is 0 Å². The van der Waals surface area contributed by atoms with Crippen molar-refractivity contribution in [1.29, 1.82) is 0 Å². The van der Waals surface area contributed by atoms with E-state index in [-0.39, 0.29) is 23.1 Å². The number of nitrogens with zero attached hydrogens (tertiary/aromatic N) is 3. The third kappa shape index (κ3) is 2.89. The average molecular weight is 323 g/mol. The molecule has 2 atom stereocenters. The fraction of sp³-hybridized carbons (Fsp3) is 0.500. The summed E-state index contributed by atoms with van der Waals surface area (Å²) in [7, 11) is -2.93. The fourth-order valence-electron chi connectivity index (χ4n) is 2.97. The molecule has 1 N–H and O–H groups in total. The van der Waals surface area contributed by atoms with Gasteiger partial charge in [0.25, 0.3) is 5.56 Å². The molecule has 1 fully saturated rings. The molecule has 0 bridgehead atoms. The molecule has 22 heavy (non-hydrogen) atoms. The fourth-order valence-corrected chi connectivity index (χ4v) is 4.79. The Hall–Kier alpha value is -1.80. The number of hydrogen-bond donors (Lipinski definition) is 1. The molecule has 2 aromatic rings. The van der Waals surface area contributed by atoms with Crippen LogP contribution in [0.3, 0.4) is 0 Å². The quantitative estimate of drug-likeness (QED) is 0.767. The van der Waals surface area contributed by atoms with Crippen LogP contribution in [0.4, 0.5) is 0 Å². The van der Waals surface area contributed by atoms with Crippen LogP contribution in [-0.2, 0) is 16.5 Å². The molecule has 8 heteroatoms. The van der Waals surface area contributed by atoms with Gasteiger partial charge in [-0.3, -0.25) is 4.79 Å². The van der Waals surface area contributed by atoms with Crippen LogP contribution < -0.4 is 10.5 Å². The van der Waals surface area contributed by atoms with Gasteiger partial charge in [0.2, 0.25) is 0 Å². The minimum absolute atomic E-state index is 0.0233. The lowest BCUT2D eigenvalue weighted by atomic mass is 10.2. The average Bonchev–Trinajstić information content (AvgIpc) is 2.87. The number of sulfone groups is 1. The Kier molecular flexibility index (Phi) is 3.96. The lowest BCUT2D eigenvalue weighted by Crippen LogP contribution is -3.15. The van der Waals surface area contributed by atoms with Crippen LogP contribution in [0.2, 0.25) is 0 Å². The van der Waals surface area contributed by atoms with Crippen LogP contribution in [0.25, 0.3) is 10.9 Å². The van der Waals surface area contributed by atoms with E-state index in [9.17, 15) is 13.2 Å². The third-order valence-electron chi connectivity index (χ3n) is 4.25. The Morgan fingerprint density at radius 1 is 1.36 bits per heavy atom. The van der Waals surface area contributed by atoms with E-state index in [1.807, 2.05) is 13.0 Å². The molecule has 1 aliphatic rings. The van der Waals surface area contributed by atoms with Gasteiger partial charge < -0.3 is 4.90 Å². The monoisotopic (exact) mass is 323 g/mol. The summed E-state index contributed by atoms with van der Waals surface area (Å²) >= 11 is 0. The largest absolute Gasteiger partial charge is 0.313 e. The molecule has 1 saturated heterocycles. The van der Waals surface area contributed by atoms with Gasteiger partial charge in [0.1, 0.15) is 17.3 Å². The number of quaternary nitrogens is 1. The van der Waals surface area contributed by atoms with Crippen molar-refractivity contribution in [2.75, 3.05) is 18.1 Å². The first kappa shape index (κ1) is 15.1. The van der Waals surface area contributed by atoms with Gasteiger partial charge in [-0.25, -0.2) is 8.42 Å². The van der Waals surface area contributed by atoms with Crippen molar-refractivity contribution in [3.05, 3.63) is 34.6 Å². The Morgan fingerprint density at radius 3 is 2.82 bits per heavy atom. The molecule has 2 heterocycles. The Balaban J connectivity index is 1.88. The Morgan fingerprint density at radius 2 is 2.14 bits per heavy atom. The summed E-state index contributed by atoms with van der Waals surface area (Å²) < 4.78 is 24.6. The molecule has 0 aliphatic carbocycles. The lowest BCUT2D eigenvalue weighted by molar-refractivity contribution is -0.943. The SMILES string of the molecule is CC[NH+](Cn1nnc2ccccc2c1=O)[C@@H]1CCS(=O)(=O)C1. The number of hydrogen-bond acceptors (Lipinski definition) is 5. The first-order valence-electron chi connectivity index (χ1n) is 7.37. The second-order valence-corrected chi connectivity index (χ2v) is 7.91. The highest BCUT2D eigenvalue weighted by Crippen LogP contribution is 2.09. The topological polar surface area (TPSA) is 86.4 Å². The van der Waals surface area contributed by atoms with E-state index >= 15 is 0 Å². The van der Waals surface area contributed by atoms with Crippen molar-refractivity contribution in [3.8, 4) is 0 Å². The number of aromatic nitrogens is 3.